The highest BCUT2D eigenvalue weighted by Gasteiger charge is 2.34. The Morgan fingerprint density at radius 2 is 1.12 bits per heavy atom. The van der Waals surface area contributed by atoms with E-state index in [0.717, 1.165) is 30.5 Å². The van der Waals surface area contributed by atoms with Crippen molar-refractivity contribution >= 4 is 29.9 Å². The van der Waals surface area contributed by atoms with Crippen molar-refractivity contribution in [3.8, 4) is 33.4 Å². The van der Waals surface area contributed by atoms with Crippen LogP contribution in [0.15, 0.2) is 99.6 Å². The average molecular weight is 611 g/mol. The first-order chi connectivity index (χ1) is 18.4. The Labute approximate surface area is 229 Å². The molecule has 14 heteroatoms. The van der Waals surface area contributed by atoms with Crippen LogP contribution in [0.1, 0.15) is 5.56 Å². The van der Waals surface area contributed by atoms with Crippen LogP contribution in [0.2, 0.25) is 0 Å². The van der Waals surface area contributed by atoms with Crippen LogP contribution in [0.25, 0.3) is 33.4 Å². The lowest BCUT2D eigenvalue weighted by molar-refractivity contribution is -0.137. The number of primary sulfonamides is 2. The fourth-order valence-corrected chi connectivity index (χ4v) is 6.47. The van der Waals surface area contributed by atoms with E-state index in [9.17, 15) is 38.4 Å². The Bertz CT molecular complexity index is 1970. The van der Waals surface area contributed by atoms with Gasteiger partial charge in [-0.15, -0.1) is 0 Å². The zero-order valence-corrected chi connectivity index (χ0v) is 23.0. The molecule has 210 valence electrons. The highest BCUT2D eigenvalue weighted by atomic mass is 32.2. The van der Waals surface area contributed by atoms with E-state index >= 15 is 0 Å². The summed E-state index contributed by atoms with van der Waals surface area (Å²) in [6, 6.07) is 17.3. The van der Waals surface area contributed by atoms with Crippen molar-refractivity contribution in [1.82, 2.24) is 0 Å². The first-order valence-corrected chi connectivity index (χ1v) is 16.2. The minimum atomic E-state index is -4.90. The number of rotatable bonds is 6. The van der Waals surface area contributed by atoms with Gasteiger partial charge in [0.15, 0.2) is 9.84 Å². The second-order valence-electron chi connectivity index (χ2n) is 8.86. The number of hydrogen-bond acceptors (Lipinski definition) is 6. The van der Waals surface area contributed by atoms with Gasteiger partial charge in [0.05, 0.1) is 20.2 Å². The van der Waals surface area contributed by atoms with Crippen LogP contribution in [0.5, 0.6) is 0 Å². The Balaban J connectivity index is 1.95. The van der Waals surface area contributed by atoms with Crippen LogP contribution in [0, 0.1) is 0 Å². The van der Waals surface area contributed by atoms with Gasteiger partial charge < -0.3 is 0 Å². The van der Waals surface area contributed by atoms with E-state index in [1.54, 1.807) is 0 Å². The maximum atomic E-state index is 14.2. The first-order valence-electron chi connectivity index (χ1n) is 11.2. The number of sulfonamides is 2. The summed E-state index contributed by atoms with van der Waals surface area (Å²) >= 11 is 0. The fourth-order valence-electron chi connectivity index (χ4n) is 4.23. The second kappa shape index (κ2) is 10.1. The maximum absolute atomic E-state index is 14.2. The average Bonchev–Trinajstić information content (AvgIpc) is 2.86. The number of alkyl halides is 3. The number of sulfone groups is 1. The van der Waals surface area contributed by atoms with E-state index in [-0.39, 0.29) is 48.1 Å². The summed E-state index contributed by atoms with van der Waals surface area (Å²) in [5.74, 6) is 0. The summed E-state index contributed by atoms with van der Waals surface area (Å²) in [5.41, 5.74) is -1.42. The van der Waals surface area contributed by atoms with Crippen molar-refractivity contribution in [3.63, 3.8) is 0 Å². The number of benzene rings is 4. The molecule has 0 amide bonds. The first kappa shape index (κ1) is 29.4. The van der Waals surface area contributed by atoms with Gasteiger partial charge in [-0.1, -0.05) is 54.6 Å². The van der Waals surface area contributed by atoms with E-state index in [2.05, 4.69) is 0 Å². The van der Waals surface area contributed by atoms with Gasteiger partial charge in [0.1, 0.15) is 0 Å². The Kier molecular flexibility index (Phi) is 7.45. The summed E-state index contributed by atoms with van der Waals surface area (Å²) in [7, 11) is -12.4. The molecule has 0 unspecified atom stereocenters. The largest absolute Gasteiger partial charge is 0.417 e. The summed E-state index contributed by atoms with van der Waals surface area (Å²) in [4.78, 5) is -0.976. The predicted octanol–water partition coefficient (Wildman–Crippen LogP) is 4.40. The molecular weight excluding hydrogens is 589 g/mol. The molecular formula is C26H21F3N2O6S3. The molecule has 0 heterocycles. The molecule has 8 nitrogen and oxygen atoms in total. The van der Waals surface area contributed by atoms with E-state index in [1.807, 2.05) is 0 Å². The molecule has 0 atom stereocenters. The molecule has 4 rings (SSSR count). The molecule has 0 bridgehead atoms. The second-order valence-corrected chi connectivity index (χ2v) is 13.9. The molecule has 0 aromatic heterocycles. The Hall–Kier alpha value is -3.56. The van der Waals surface area contributed by atoms with E-state index in [0.29, 0.717) is 0 Å². The maximum Gasteiger partial charge on any atom is 0.417 e. The van der Waals surface area contributed by atoms with Crippen molar-refractivity contribution in [3.05, 3.63) is 90.5 Å². The molecule has 0 aliphatic rings. The van der Waals surface area contributed by atoms with Gasteiger partial charge >= 0.3 is 6.18 Å². The lowest BCUT2D eigenvalue weighted by Gasteiger charge is -2.17. The van der Waals surface area contributed by atoms with Crippen molar-refractivity contribution < 1.29 is 38.4 Å². The van der Waals surface area contributed by atoms with Crippen LogP contribution in [0.3, 0.4) is 0 Å². The molecule has 0 aliphatic heterocycles. The zero-order valence-electron chi connectivity index (χ0n) is 20.5. The van der Waals surface area contributed by atoms with Gasteiger partial charge in [0, 0.05) is 17.4 Å². The Morgan fingerprint density at radius 1 is 0.575 bits per heavy atom. The normalized spacial score (nSPS) is 12.8. The van der Waals surface area contributed by atoms with E-state index in [4.69, 9.17) is 10.3 Å². The monoisotopic (exact) mass is 610 g/mol. The lowest BCUT2D eigenvalue weighted by atomic mass is 9.93. The third-order valence-electron chi connectivity index (χ3n) is 6.00. The quantitative estimate of drug-likeness (QED) is 0.330. The third kappa shape index (κ3) is 6.10. The molecule has 4 aromatic carbocycles. The third-order valence-corrected chi connectivity index (χ3v) is 9.01. The summed E-state index contributed by atoms with van der Waals surface area (Å²) in [6.07, 6.45) is -4.03. The number of nitrogens with two attached hydrogens (primary N) is 2. The van der Waals surface area contributed by atoms with Gasteiger partial charge in [-0.25, -0.2) is 35.5 Å². The number of halogens is 3. The molecule has 4 aromatic rings. The lowest BCUT2D eigenvalue weighted by Crippen LogP contribution is -2.13. The molecule has 4 N–H and O–H groups in total. The molecule has 0 saturated carbocycles. The van der Waals surface area contributed by atoms with Crippen molar-refractivity contribution in [1.29, 1.82) is 0 Å². The smallest absolute Gasteiger partial charge is 0.225 e. The SMILES string of the molecule is CS(=O)(=O)c1cc(-c2ccccc2S(N)(=O)=O)ccc1-c1ccc(-c2cccc(S(N)(=O)=O)c2)c(C(F)(F)F)c1. The van der Waals surface area contributed by atoms with Gasteiger partial charge in [0.2, 0.25) is 20.0 Å². The van der Waals surface area contributed by atoms with Crippen LogP contribution >= 0.6 is 0 Å². The minimum absolute atomic E-state index is 0.0605. The zero-order chi connectivity index (χ0) is 29.7. The fraction of sp³-hybridized carbons (Fsp3) is 0.0769. The number of hydrogen-bond donors (Lipinski definition) is 2. The highest BCUT2D eigenvalue weighted by molar-refractivity contribution is 7.91. The van der Waals surface area contributed by atoms with E-state index in [1.165, 1.54) is 60.7 Å². The molecule has 0 radical (unpaired) electrons. The molecule has 40 heavy (non-hydrogen) atoms. The van der Waals surface area contributed by atoms with Gasteiger partial charge in [-0.05, 0) is 52.6 Å². The van der Waals surface area contributed by atoms with Gasteiger partial charge in [-0.3, -0.25) is 0 Å². The standard InChI is InChI=1S/C26H21F3N2O6S3/c1-38(32,33)25-15-18(21-7-2-3-8-24(21)40(31,36)37)10-12-22(25)17-9-11-20(23(14-17)26(27,28)29)16-5-4-6-19(13-16)39(30,34)35/h2-15H,1H3,(H2,30,34,35)(H2,31,36,37). The van der Waals surface area contributed by atoms with E-state index < -0.39 is 41.6 Å². The molecule has 0 fully saturated rings. The van der Waals surface area contributed by atoms with Gasteiger partial charge in [0.25, 0.3) is 0 Å². The summed E-state index contributed by atoms with van der Waals surface area (Å²) in [6.45, 7) is 0. The van der Waals surface area contributed by atoms with Crippen LogP contribution in [0.4, 0.5) is 13.2 Å². The van der Waals surface area contributed by atoms with Crippen molar-refractivity contribution in [2.24, 2.45) is 10.3 Å². The summed E-state index contributed by atoms with van der Waals surface area (Å²) < 4.78 is 116. The topological polar surface area (TPSA) is 154 Å². The predicted molar refractivity (Wildman–Crippen MR) is 144 cm³/mol. The van der Waals surface area contributed by atoms with Crippen LogP contribution in [-0.2, 0) is 36.1 Å². The van der Waals surface area contributed by atoms with Crippen LogP contribution < -0.4 is 10.3 Å². The molecule has 0 aliphatic carbocycles. The summed E-state index contributed by atoms with van der Waals surface area (Å²) in [5, 5.41) is 10.4. The van der Waals surface area contributed by atoms with Gasteiger partial charge in [-0.2, -0.15) is 13.2 Å². The Morgan fingerprint density at radius 3 is 1.70 bits per heavy atom. The van der Waals surface area contributed by atoms with Crippen LogP contribution in [-0.4, -0.2) is 31.5 Å². The van der Waals surface area contributed by atoms with Crippen molar-refractivity contribution in [2.45, 2.75) is 20.9 Å². The molecule has 0 saturated heterocycles. The van der Waals surface area contributed by atoms with Crippen molar-refractivity contribution in [2.75, 3.05) is 6.26 Å². The minimum Gasteiger partial charge on any atom is -0.225 e. The highest BCUT2D eigenvalue weighted by Crippen LogP contribution is 2.41. The molecule has 0 spiro atoms.